The number of methoxy groups -OCH3 is 2. The molecule has 0 amide bonds. The Morgan fingerprint density at radius 3 is 2.26 bits per heavy atom. The van der Waals surface area contributed by atoms with Crippen molar-refractivity contribution in [1.29, 1.82) is 0 Å². The van der Waals surface area contributed by atoms with Gasteiger partial charge in [0.2, 0.25) is 0 Å². The quantitative estimate of drug-likeness (QED) is 0.567. The molecule has 104 valence electrons. The number of hydrogen-bond acceptors (Lipinski definition) is 4. The number of esters is 2. The van der Waals surface area contributed by atoms with E-state index >= 15 is 0 Å². The summed E-state index contributed by atoms with van der Waals surface area (Å²) in [4.78, 5) is 24.2. The molecule has 2 aliphatic rings. The van der Waals surface area contributed by atoms with Gasteiger partial charge >= 0.3 is 11.9 Å². The van der Waals surface area contributed by atoms with Crippen LogP contribution in [0.4, 0.5) is 0 Å². The predicted octanol–water partition coefficient (Wildman–Crippen LogP) is 2.25. The number of carbonyl (C=O) groups is 2. The average molecular weight is 264 g/mol. The molecule has 0 fully saturated rings. The second-order valence-corrected chi connectivity index (χ2v) is 5.95. The van der Waals surface area contributed by atoms with Crippen molar-refractivity contribution in [2.75, 3.05) is 14.2 Å². The first-order chi connectivity index (χ1) is 8.87. The Kier molecular flexibility index (Phi) is 3.29. The Morgan fingerprint density at radius 1 is 1.21 bits per heavy atom. The molecule has 0 bridgehead atoms. The monoisotopic (exact) mass is 264 g/mol. The molecular weight excluding hydrogens is 244 g/mol. The van der Waals surface area contributed by atoms with E-state index in [-0.39, 0.29) is 11.3 Å². The highest BCUT2D eigenvalue weighted by atomic mass is 16.5. The molecule has 2 aliphatic carbocycles. The van der Waals surface area contributed by atoms with E-state index in [1.54, 1.807) is 6.08 Å². The van der Waals surface area contributed by atoms with Crippen LogP contribution in [0.3, 0.4) is 0 Å². The maximum Gasteiger partial charge on any atom is 0.327 e. The van der Waals surface area contributed by atoms with Gasteiger partial charge in [0.1, 0.15) is 0 Å². The molecule has 2 rings (SSSR count). The fourth-order valence-electron chi connectivity index (χ4n) is 3.15. The summed E-state index contributed by atoms with van der Waals surface area (Å²) in [5.74, 6) is -0.897. The van der Waals surface area contributed by atoms with Crippen LogP contribution in [-0.4, -0.2) is 26.2 Å². The molecule has 0 aromatic rings. The minimum atomic E-state index is -1.28. The summed E-state index contributed by atoms with van der Waals surface area (Å²) in [7, 11) is 2.60. The van der Waals surface area contributed by atoms with Crippen LogP contribution in [-0.2, 0) is 19.1 Å². The molecule has 0 spiro atoms. The molecular formula is C15H20O4. The van der Waals surface area contributed by atoms with Gasteiger partial charge in [0.25, 0.3) is 0 Å². The minimum absolute atomic E-state index is 0.0321. The Balaban J connectivity index is 2.46. The van der Waals surface area contributed by atoms with Gasteiger partial charge in [0, 0.05) is 0 Å². The van der Waals surface area contributed by atoms with E-state index in [2.05, 4.69) is 19.9 Å². The van der Waals surface area contributed by atoms with Crippen LogP contribution in [0.2, 0.25) is 0 Å². The lowest BCUT2D eigenvalue weighted by Gasteiger charge is -2.36. The van der Waals surface area contributed by atoms with Crippen molar-refractivity contribution in [3.8, 4) is 0 Å². The third kappa shape index (κ3) is 1.99. The minimum Gasteiger partial charge on any atom is -0.468 e. The summed E-state index contributed by atoms with van der Waals surface area (Å²) >= 11 is 0. The second-order valence-electron chi connectivity index (χ2n) is 5.95. The summed E-state index contributed by atoms with van der Waals surface area (Å²) in [6, 6.07) is 0. The molecule has 0 saturated heterocycles. The number of hydrogen-bond donors (Lipinski definition) is 0. The Labute approximate surface area is 113 Å². The van der Waals surface area contributed by atoms with Crippen molar-refractivity contribution in [1.82, 2.24) is 0 Å². The summed E-state index contributed by atoms with van der Waals surface area (Å²) in [6.45, 7) is 4.30. The molecule has 0 radical (unpaired) electrons. The highest BCUT2D eigenvalue weighted by Gasteiger charge is 2.55. The second kappa shape index (κ2) is 4.51. The number of carbonyl (C=O) groups excluding carboxylic acids is 2. The van der Waals surface area contributed by atoms with Crippen molar-refractivity contribution in [2.45, 2.75) is 26.7 Å². The van der Waals surface area contributed by atoms with Crippen LogP contribution < -0.4 is 0 Å². The first kappa shape index (κ1) is 13.8. The fourth-order valence-corrected chi connectivity index (χ4v) is 3.15. The average Bonchev–Trinajstić information content (AvgIpc) is 2.79. The Hall–Kier alpha value is -1.58. The van der Waals surface area contributed by atoms with Gasteiger partial charge in [-0.3, -0.25) is 9.59 Å². The SMILES string of the molecule is COC(=O)C1(C(=O)OC)C=C2C=CCC(C)(C)C2C1. The highest BCUT2D eigenvalue weighted by Crippen LogP contribution is 2.53. The molecule has 1 unspecified atom stereocenters. The van der Waals surface area contributed by atoms with Gasteiger partial charge < -0.3 is 9.47 Å². The molecule has 0 aromatic carbocycles. The van der Waals surface area contributed by atoms with E-state index in [4.69, 9.17) is 9.47 Å². The Morgan fingerprint density at radius 2 is 1.79 bits per heavy atom. The van der Waals surface area contributed by atoms with Gasteiger partial charge in [-0.2, -0.15) is 0 Å². The topological polar surface area (TPSA) is 52.6 Å². The van der Waals surface area contributed by atoms with Crippen molar-refractivity contribution in [3.05, 3.63) is 23.8 Å². The van der Waals surface area contributed by atoms with E-state index in [0.29, 0.717) is 6.42 Å². The first-order valence-electron chi connectivity index (χ1n) is 6.43. The molecule has 0 saturated carbocycles. The van der Waals surface area contributed by atoms with E-state index < -0.39 is 17.4 Å². The molecule has 0 aromatic heterocycles. The summed E-state index contributed by atoms with van der Waals surface area (Å²) in [5, 5.41) is 0. The standard InChI is InChI=1S/C15H20O4/c1-14(2)7-5-6-10-8-15(9-11(10)14,12(16)18-3)13(17)19-4/h5-6,8,11H,7,9H2,1-4H3. The van der Waals surface area contributed by atoms with Gasteiger partial charge in [0.15, 0.2) is 5.41 Å². The smallest absolute Gasteiger partial charge is 0.327 e. The largest absolute Gasteiger partial charge is 0.468 e. The molecule has 1 atom stereocenters. The molecule has 0 heterocycles. The van der Waals surface area contributed by atoms with E-state index in [0.717, 1.165) is 12.0 Å². The highest BCUT2D eigenvalue weighted by molar-refractivity contribution is 6.03. The number of allylic oxidation sites excluding steroid dienone is 3. The molecule has 19 heavy (non-hydrogen) atoms. The van der Waals surface area contributed by atoms with Crippen LogP contribution in [0.15, 0.2) is 23.8 Å². The summed E-state index contributed by atoms with van der Waals surface area (Å²) in [6.07, 6.45) is 7.19. The summed E-state index contributed by atoms with van der Waals surface area (Å²) in [5.41, 5.74) is -0.216. The van der Waals surface area contributed by atoms with Crippen LogP contribution in [0.25, 0.3) is 0 Å². The third-order valence-corrected chi connectivity index (χ3v) is 4.34. The van der Waals surface area contributed by atoms with Crippen LogP contribution >= 0.6 is 0 Å². The Bertz CT molecular complexity index is 455. The predicted molar refractivity (Wildman–Crippen MR) is 70.2 cm³/mol. The lowest BCUT2D eigenvalue weighted by Crippen LogP contribution is -2.40. The van der Waals surface area contributed by atoms with Crippen molar-refractivity contribution < 1.29 is 19.1 Å². The van der Waals surface area contributed by atoms with Gasteiger partial charge in [0.05, 0.1) is 14.2 Å². The summed E-state index contributed by atoms with van der Waals surface area (Å²) < 4.78 is 9.65. The maximum atomic E-state index is 12.1. The number of ether oxygens (including phenoxy) is 2. The molecule has 0 N–H and O–H groups in total. The van der Waals surface area contributed by atoms with Gasteiger partial charge in [-0.25, -0.2) is 0 Å². The molecule has 4 heteroatoms. The normalized spacial score (nSPS) is 26.3. The van der Waals surface area contributed by atoms with E-state index in [1.807, 2.05) is 6.08 Å². The van der Waals surface area contributed by atoms with Gasteiger partial charge in [-0.15, -0.1) is 0 Å². The maximum absolute atomic E-state index is 12.1. The number of fused-ring (bicyclic) bond motifs is 1. The third-order valence-electron chi connectivity index (χ3n) is 4.34. The van der Waals surface area contributed by atoms with Crippen molar-refractivity contribution >= 4 is 11.9 Å². The fraction of sp³-hybridized carbons (Fsp3) is 0.600. The van der Waals surface area contributed by atoms with Crippen LogP contribution in [0, 0.1) is 16.7 Å². The van der Waals surface area contributed by atoms with Gasteiger partial charge in [-0.05, 0) is 29.7 Å². The lowest BCUT2D eigenvalue weighted by atomic mass is 9.68. The lowest BCUT2D eigenvalue weighted by molar-refractivity contribution is -0.165. The van der Waals surface area contributed by atoms with Crippen molar-refractivity contribution in [2.24, 2.45) is 16.7 Å². The van der Waals surface area contributed by atoms with Crippen LogP contribution in [0.1, 0.15) is 26.7 Å². The first-order valence-corrected chi connectivity index (χ1v) is 6.43. The van der Waals surface area contributed by atoms with E-state index in [9.17, 15) is 9.59 Å². The zero-order valence-corrected chi connectivity index (χ0v) is 11.9. The zero-order valence-electron chi connectivity index (χ0n) is 11.9. The van der Waals surface area contributed by atoms with Gasteiger partial charge in [-0.1, -0.05) is 32.1 Å². The van der Waals surface area contributed by atoms with Crippen LogP contribution in [0.5, 0.6) is 0 Å². The van der Waals surface area contributed by atoms with Crippen molar-refractivity contribution in [3.63, 3.8) is 0 Å². The molecule has 0 aliphatic heterocycles. The number of rotatable bonds is 2. The van der Waals surface area contributed by atoms with E-state index in [1.165, 1.54) is 14.2 Å². The molecule has 4 nitrogen and oxygen atoms in total. The zero-order chi connectivity index (χ0) is 14.3.